The molecule has 2 aromatic rings. The predicted octanol–water partition coefficient (Wildman–Crippen LogP) is 15.3. The number of carbonyl (C=O) groups is 4. The fourth-order valence-electron chi connectivity index (χ4n) is 7.21. The molecule has 0 aromatic heterocycles. The molecular formula is C49H69Cl7NO14P. The second kappa shape index (κ2) is 33.0. The van der Waals surface area contributed by atoms with E-state index >= 15 is 4.57 Å². The van der Waals surface area contributed by atoms with Crippen LogP contribution in [0.1, 0.15) is 143 Å². The molecular weight excluding hydrogens is 1110 g/mol. The molecule has 72 heavy (non-hydrogen) atoms. The van der Waals surface area contributed by atoms with Gasteiger partial charge in [0.1, 0.15) is 49.1 Å². The number of nitrogens with one attached hydrogen (secondary N) is 1. The number of rotatable bonds is 32. The van der Waals surface area contributed by atoms with Crippen molar-refractivity contribution in [3.63, 3.8) is 0 Å². The van der Waals surface area contributed by atoms with Crippen LogP contribution in [0.25, 0.3) is 0 Å². The molecule has 23 heteroatoms. The number of benzene rings is 2. The third-order valence-corrected chi connectivity index (χ3v) is 14.6. The van der Waals surface area contributed by atoms with Crippen molar-refractivity contribution in [2.45, 2.75) is 192 Å². The number of alkyl carbamates (subject to hydrolysis) is 1. The number of halogens is 7. The summed E-state index contributed by atoms with van der Waals surface area (Å²) in [6.07, 6.45) is 6.29. The number of amides is 1. The lowest BCUT2D eigenvalue weighted by atomic mass is 9.97. The molecule has 1 saturated heterocycles. The van der Waals surface area contributed by atoms with Gasteiger partial charge in [-0.2, -0.15) is 0 Å². The average Bonchev–Trinajstić information content (AvgIpc) is 3.30. The second-order valence-corrected chi connectivity index (χ2v) is 24.5. The summed E-state index contributed by atoms with van der Waals surface area (Å²) in [5.41, 5.74) is -3.37. The van der Waals surface area contributed by atoms with Crippen LogP contribution in [0, 0.1) is 0 Å². The first-order valence-electron chi connectivity index (χ1n) is 24.4. The van der Waals surface area contributed by atoms with E-state index in [1.807, 2.05) is 0 Å². The van der Waals surface area contributed by atoms with Crippen LogP contribution in [-0.4, -0.2) is 86.6 Å². The number of phosphoric ester groups is 1. The SMILES string of the molecule is CCCCCCCCCCC[C@H](CC(=O)O[C@H]1[C@H](OP(=O)(Oc2ccccc2)Oc2ccccc2)[C@@H](COC(=O)OC(C)(C)C(Cl)(Cl)Cl)OC(Cl)[C@@H]1NC(=O)OCC(Cl)(Cl)Cl)OC(=O)CCCCCCCC. The van der Waals surface area contributed by atoms with E-state index in [1.165, 1.54) is 51.0 Å². The molecule has 3 rings (SSSR count). The van der Waals surface area contributed by atoms with Crippen LogP contribution in [0.5, 0.6) is 11.5 Å². The quantitative estimate of drug-likeness (QED) is 0.0240. The zero-order chi connectivity index (χ0) is 53.2. The van der Waals surface area contributed by atoms with Crippen LogP contribution in [-0.2, 0) is 47.1 Å². The Kier molecular flexibility index (Phi) is 29.3. The fraction of sp³-hybridized carbons (Fsp3) is 0.673. The highest BCUT2D eigenvalue weighted by Crippen LogP contribution is 2.53. The normalized spacial score (nSPS) is 18.8. The van der Waals surface area contributed by atoms with E-state index < -0.39 is 101 Å². The third kappa shape index (κ3) is 25.5. The molecule has 0 aliphatic carbocycles. The summed E-state index contributed by atoms with van der Waals surface area (Å²) in [6.45, 7) is 5.40. The summed E-state index contributed by atoms with van der Waals surface area (Å²) in [6, 6.07) is 14.1. The Bertz CT molecular complexity index is 1900. The minimum absolute atomic E-state index is 0.0228. The predicted molar refractivity (Wildman–Crippen MR) is 281 cm³/mol. The van der Waals surface area contributed by atoms with Crippen LogP contribution in [0.15, 0.2) is 60.7 Å². The highest BCUT2D eigenvalue weighted by molar-refractivity contribution is 7.49. The van der Waals surface area contributed by atoms with Gasteiger partial charge in [0, 0.05) is 6.42 Å². The van der Waals surface area contributed by atoms with E-state index in [4.69, 9.17) is 123 Å². The number of alkyl halides is 7. The van der Waals surface area contributed by atoms with Crippen LogP contribution < -0.4 is 14.4 Å². The van der Waals surface area contributed by atoms with Crippen LogP contribution in [0.4, 0.5) is 9.59 Å². The van der Waals surface area contributed by atoms with Crippen molar-refractivity contribution in [2.75, 3.05) is 13.2 Å². The first-order valence-corrected chi connectivity index (χ1v) is 28.6. The maximum atomic E-state index is 15.1. The summed E-state index contributed by atoms with van der Waals surface area (Å²) < 4.78 is 63.1. The number of para-hydroxylation sites is 2. The molecule has 1 fully saturated rings. The van der Waals surface area contributed by atoms with Gasteiger partial charge < -0.3 is 42.8 Å². The molecule has 1 aliphatic heterocycles. The minimum atomic E-state index is -4.97. The highest BCUT2D eigenvalue weighted by Gasteiger charge is 2.54. The smallest absolute Gasteiger partial charge is 0.462 e. The van der Waals surface area contributed by atoms with Gasteiger partial charge in [0.05, 0.1) is 6.42 Å². The fourth-order valence-corrected chi connectivity index (χ4v) is 9.27. The number of hydrogen-bond acceptors (Lipinski definition) is 14. The lowest BCUT2D eigenvalue weighted by molar-refractivity contribution is -0.196. The Morgan fingerprint density at radius 2 is 1.21 bits per heavy atom. The van der Waals surface area contributed by atoms with Gasteiger partial charge in [-0.25, -0.2) is 14.2 Å². The van der Waals surface area contributed by atoms with Gasteiger partial charge >= 0.3 is 32.0 Å². The Morgan fingerprint density at radius 3 is 1.72 bits per heavy atom. The molecule has 15 nitrogen and oxygen atoms in total. The zero-order valence-electron chi connectivity index (χ0n) is 41.2. The average molecular weight is 1180 g/mol. The number of hydrogen-bond donors (Lipinski definition) is 1. The van der Waals surface area contributed by atoms with Crippen molar-refractivity contribution in [3.8, 4) is 11.5 Å². The molecule has 1 aliphatic rings. The summed E-state index contributed by atoms with van der Waals surface area (Å²) in [7, 11) is -4.97. The summed E-state index contributed by atoms with van der Waals surface area (Å²) >= 11 is 42.6. The number of phosphoric acid groups is 1. The zero-order valence-corrected chi connectivity index (χ0v) is 47.4. The first-order chi connectivity index (χ1) is 34.0. The first kappa shape index (κ1) is 64.0. The molecule has 408 valence electrons. The van der Waals surface area contributed by atoms with Crippen molar-refractivity contribution in [1.82, 2.24) is 5.32 Å². The molecule has 1 unspecified atom stereocenters. The topological polar surface area (TPSA) is 180 Å². The van der Waals surface area contributed by atoms with Crippen LogP contribution in [0.3, 0.4) is 0 Å². The minimum Gasteiger partial charge on any atom is -0.462 e. The molecule has 0 bridgehead atoms. The van der Waals surface area contributed by atoms with Crippen molar-refractivity contribution in [3.05, 3.63) is 60.7 Å². The van der Waals surface area contributed by atoms with Crippen LogP contribution >= 0.6 is 89.0 Å². The lowest BCUT2D eigenvalue weighted by Gasteiger charge is -2.44. The van der Waals surface area contributed by atoms with E-state index in [-0.39, 0.29) is 17.9 Å². The summed E-state index contributed by atoms with van der Waals surface area (Å²) in [5, 5.41) is 2.46. The molecule has 1 amide bonds. The maximum absolute atomic E-state index is 15.1. The van der Waals surface area contributed by atoms with Crippen molar-refractivity contribution >= 4 is 113 Å². The maximum Gasteiger partial charge on any atom is 0.588 e. The molecule has 1 N–H and O–H groups in total. The molecule has 6 atom stereocenters. The van der Waals surface area contributed by atoms with Gasteiger partial charge in [0.15, 0.2) is 17.3 Å². The largest absolute Gasteiger partial charge is 0.588 e. The Hall–Kier alpha value is -2.30. The standard InChI is InChI=1S/C49H69Cl7NO14P/c1-5-7-9-11-13-14-15-16-20-30-37(65-39(58)31-25-17-12-10-8-6-2)32-40(59)67-43-41(57-45(60)64-34-48(51,52)53)44(50)66-38(33-63-46(61)68-47(3,4)49(54,55)56)42(43)71-72(62,69-35-26-21-18-22-27-35)70-36-28-23-19-24-29-36/h18-19,21-24,26-29,37-38,41-44H,5-17,20,25,30-34H2,1-4H3,(H,57,60)/t37-,38-,41-,42-,43-,44?/m1/s1. The van der Waals surface area contributed by atoms with E-state index in [1.54, 1.807) is 36.4 Å². The molecule has 0 spiro atoms. The highest BCUT2D eigenvalue weighted by atomic mass is 35.6. The van der Waals surface area contributed by atoms with Crippen molar-refractivity contribution in [1.29, 1.82) is 0 Å². The van der Waals surface area contributed by atoms with Gasteiger partial charge in [0.25, 0.3) is 0 Å². The molecule has 2 aromatic carbocycles. The van der Waals surface area contributed by atoms with Gasteiger partial charge in [-0.1, -0.05) is 215 Å². The van der Waals surface area contributed by atoms with Gasteiger partial charge in [-0.15, -0.1) is 0 Å². The van der Waals surface area contributed by atoms with Crippen molar-refractivity contribution < 1.29 is 65.7 Å². The van der Waals surface area contributed by atoms with Gasteiger partial charge in [0.2, 0.25) is 7.59 Å². The van der Waals surface area contributed by atoms with E-state index in [0.717, 1.165) is 70.6 Å². The van der Waals surface area contributed by atoms with Gasteiger partial charge in [-0.3, -0.25) is 14.1 Å². The molecule has 0 saturated carbocycles. The monoisotopic (exact) mass is 1170 g/mol. The second-order valence-electron chi connectivity index (χ2n) is 17.8. The lowest BCUT2D eigenvalue weighted by Crippen LogP contribution is -2.65. The summed E-state index contributed by atoms with van der Waals surface area (Å²) in [4.78, 5) is 54.2. The number of ether oxygens (including phenoxy) is 6. The number of esters is 2. The van der Waals surface area contributed by atoms with Crippen LogP contribution in [0.2, 0.25) is 0 Å². The molecule has 1 heterocycles. The van der Waals surface area contributed by atoms with Gasteiger partial charge in [-0.05, 0) is 57.4 Å². The third-order valence-electron chi connectivity index (χ3n) is 11.2. The van der Waals surface area contributed by atoms with E-state index in [2.05, 4.69) is 19.2 Å². The van der Waals surface area contributed by atoms with E-state index in [9.17, 15) is 19.2 Å². The Labute approximate surface area is 459 Å². The summed E-state index contributed by atoms with van der Waals surface area (Å²) in [5.74, 6) is -1.38. The van der Waals surface area contributed by atoms with E-state index in [0.29, 0.717) is 19.3 Å². The number of carbonyl (C=O) groups excluding carboxylic acids is 4. The Balaban J connectivity index is 2.06. The van der Waals surface area contributed by atoms with Crippen molar-refractivity contribution in [2.24, 2.45) is 0 Å². The molecule has 0 radical (unpaired) electrons. The Morgan fingerprint density at radius 1 is 0.694 bits per heavy atom. The number of unbranched alkanes of at least 4 members (excludes halogenated alkanes) is 13.